The third kappa shape index (κ3) is 2.49. The molecule has 3 fully saturated rings. The van der Waals surface area contributed by atoms with Gasteiger partial charge in [0.25, 0.3) is 0 Å². The van der Waals surface area contributed by atoms with Gasteiger partial charge < -0.3 is 14.2 Å². The zero-order chi connectivity index (χ0) is 14.0. The molecule has 1 aliphatic heterocycles. The Labute approximate surface area is 125 Å². The predicted octanol–water partition coefficient (Wildman–Crippen LogP) is 3.37. The molecule has 0 amide bonds. The number of hydrogen-bond acceptors (Lipinski definition) is 3. The van der Waals surface area contributed by atoms with Crippen molar-refractivity contribution in [2.24, 2.45) is 11.8 Å². The lowest BCUT2D eigenvalue weighted by Crippen LogP contribution is -2.67. The summed E-state index contributed by atoms with van der Waals surface area (Å²) in [6, 6.07) is 0. The van der Waals surface area contributed by atoms with Crippen LogP contribution in [-0.4, -0.2) is 35.0 Å². The summed E-state index contributed by atoms with van der Waals surface area (Å²) in [4.78, 5) is 0. The summed E-state index contributed by atoms with van der Waals surface area (Å²) >= 11 is 0. The van der Waals surface area contributed by atoms with Crippen LogP contribution in [0.2, 0.25) is 5.54 Å². The fourth-order valence-corrected chi connectivity index (χ4v) is 9.83. The van der Waals surface area contributed by atoms with E-state index in [1.54, 1.807) is 0 Å². The first-order valence-electron chi connectivity index (χ1n) is 8.65. The van der Waals surface area contributed by atoms with Gasteiger partial charge in [0, 0.05) is 19.8 Å². The van der Waals surface area contributed by atoms with Crippen LogP contribution in [0.3, 0.4) is 0 Å². The average Bonchev–Trinajstić information content (AvgIpc) is 3.04. The number of hydrogen-bond donors (Lipinski definition) is 1. The maximum absolute atomic E-state index is 6.21. The molecule has 0 aromatic rings. The molecule has 1 heterocycles. The summed E-state index contributed by atoms with van der Waals surface area (Å²) in [6.45, 7) is 1.17. The minimum Gasteiger partial charge on any atom is -0.397 e. The molecular formula is C16H31NO2Si. The highest BCUT2D eigenvalue weighted by atomic mass is 28.4. The third-order valence-electron chi connectivity index (χ3n) is 6.27. The van der Waals surface area contributed by atoms with Crippen LogP contribution in [0.5, 0.6) is 0 Å². The molecule has 116 valence electrons. The largest absolute Gasteiger partial charge is 0.397 e. The van der Waals surface area contributed by atoms with Crippen LogP contribution in [0.4, 0.5) is 0 Å². The lowest BCUT2D eigenvalue weighted by atomic mass is 9.75. The van der Waals surface area contributed by atoms with Crippen LogP contribution < -0.4 is 5.32 Å². The van der Waals surface area contributed by atoms with E-state index >= 15 is 0 Å². The van der Waals surface area contributed by atoms with E-state index < -0.39 is 8.56 Å². The Kier molecular flexibility index (Phi) is 4.85. The topological polar surface area (TPSA) is 30.5 Å². The zero-order valence-corrected chi connectivity index (χ0v) is 14.2. The zero-order valence-electron chi connectivity index (χ0n) is 13.2. The van der Waals surface area contributed by atoms with Gasteiger partial charge in [-0.3, -0.25) is 0 Å². The Morgan fingerprint density at radius 3 is 2.20 bits per heavy atom. The fourth-order valence-electron chi connectivity index (χ4n) is 5.30. The Morgan fingerprint density at radius 1 is 0.850 bits per heavy atom. The van der Waals surface area contributed by atoms with E-state index in [0.29, 0.717) is 11.2 Å². The summed E-state index contributed by atoms with van der Waals surface area (Å²) in [5, 5.41) is 3.85. The SMILES string of the molecule is CO[Si](OC)(C1CCCC1)C1NCCC2CCCCC21. The van der Waals surface area contributed by atoms with Crippen LogP contribution in [-0.2, 0) is 8.85 Å². The van der Waals surface area contributed by atoms with Gasteiger partial charge in [-0.25, -0.2) is 0 Å². The van der Waals surface area contributed by atoms with Crippen LogP contribution >= 0.6 is 0 Å². The van der Waals surface area contributed by atoms with Gasteiger partial charge in [0.05, 0.1) is 5.67 Å². The maximum atomic E-state index is 6.21. The molecule has 2 saturated carbocycles. The first-order valence-corrected chi connectivity index (χ1v) is 10.6. The Bertz CT molecular complexity index is 314. The Morgan fingerprint density at radius 2 is 1.50 bits per heavy atom. The monoisotopic (exact) mass is 297 g/mol. The first kappa shape index (κ1) is 15.0. The number of fused-ring (bicyclic) bond motifs is 1. The van der Waals surface area contributed by atoms with Gasteiger partial charge in [0.2, 0.25) is 0 Å². The number of nitrogens with one attached hydrogen (secondary N) is 1. The predicted molar refractivity (Wildman–Crippen MR) is 83.8 cm³/mol. The molecule has 1 saturated heterocycles. The highest BCUT2D eigenvalue weighted by Gasteiger charge is 2.56. The Hall–Kier alpha value is 0.0969. The minimum atomic E-state index is -2.13. The van der Waals surface area contributed by atoms with Gasteiger partial charge >= 0.3 is 8.56 Å². The lowest BCUT2D eigenvalue weighted by Gasteiger charge is -2.49. The van der Waals surface area contributed by atoms with E-state index in [0.717, 1.165) is 11.8 Å². The van der Waals surface area contributed by atoms with Gasteiger partial charge in [0.15, 0.2) is 0 Å². The first-order chi connectivity index (χ1) is 9.81. The van der Waals surface area contributed by atoms with Crippen molar-refractivity contribution in [3.05, 3.63) is 0 Å². The molecule has 1 N–H and O–H groups in total. The van der Waals surface area contributed by atoms with Crippen molar-refractivity contribution in [1.29, 1.82) is 0 Å². The van der Waals surface area contributed by atoms with E-state index in [2.05, 4.69) is 5.32 Å². The summed E-state index contributed by atoms with van der Waals surface area (Å²) in [5.74, 6) is 1.73. The summed E-state index contributed by atoms with van der Waals surface area (Å²) in [6.07, 6.45) is 12.4. The molecule has 3 rings (SSSR count). The van der Waals surface area contributed by atoms with Crippen LogP contribution in [0.1, 0.15) is 57.8 Å². The molecule has 3 unspecified atom stereocenters. The second kappa shape index (κ2) is 6.47. The second-order valence-corrected chi connectivity index (χ2v) is 10.7. The molecule has 2 aliphatic carbocycles. The van der Waals surface area contributed by atoms with Gasteiger partial charge in [0.1, 0.15) is 0 Å². The molecule has 4 heteroatoms. The van der Waals surface area contributed by atoms with Crippen molar-refractivity contribution in [3.63, 3.8) is 0 Å². The van der Waals surface area contributed by atoms with Crippen molar-refractivity contribution in [3.8, 4) is 0 Å². The summed E-state index contributed by atoms with van der Waals surface area (Å²) in [7, 11) is 1.71. The normalized spacial score (nSPS) is 36.0. The summed E-state index contributed by atoms with van der Waals surface area (Å²) < 4.78 is 12.4. The molecule has 20 heavy (non-hydrogen) atoms. The molecule has 3 aliphatic rings. The maximum Gasteiger partial charge on any atom is 0.358 e. The summed E-state index contributed by atoms with van der Waals surface area (Å²) in [5.41, 5.74) is 1.23. The number of piperidine rings is 1. The quantitative estimate of drug-likeness (QED) is 0.807. The van der Waals surface area contributed by atoms with Gasteiger partial charge in [-0.1, -0.05) is 32.1 Å². The van der Waals surface area contributed by atoms with E-state index in [4.69, 9.17) is 8.85 Å². The third-order valence-corrected chi connectivity index (χ3v) is 10.8. The number of rotatable bonds is 4. The Balaban J connectivity index is 1.84. The molecule has 0 radical (unpaired) electrons. The smallest absolute Gasteiger partial charge is 0.358 e. The van der Waals surface area contributed by atoms with Gasteiger partial charge in [-0.2, -0.15) is 0 Å². The van der Waals surface area contributed by atoms with Crippen molar-refractivity contribution in [2.45, 2.75) is 69.0 Å². The van der Waals surface area contributed by atoms with Crippen LogP contribution in [0.15, 0.2) is 0 Å². The van der Waals surface area contributed by atoms with Crippen molar-refractivity contribution in [2.75, 3.05) is 20.8 Å². The lowest BCUT2D eigenvalue weighted by molar-refractivity contribution is 0.117. The molecule has 0 bridgehead atoms. The van der Waals surface area contributed by atoms with Gasteiger partial charge in [-0.15, -0.1) is 0 Å². The molecule has 0 aromatic carbocycles. The molecule has 3 atom stereocenters. The minimum absolute atomic E-state index is 0.527. The van der Waals surface area contributed by atoms with E-state index in [9.17, 15) is 0 Å². The molecular weight excluding hydrogens is 266 g/mol. The average molecular weight is 298 g/mol. The van der Waals surface area contributed by atoms with Crippen LogP contribution in [0.25, 0.3) is 0 Å². The molecule has 3 nitrogen and oxygen atoms in total. The van der Waals surface area contributed by atoms with Crippen molar-refractivity contribution < 1.29 is 8.85 Å². The highest BCUT2D eigenvalue weighted by molar-refractivity contribution is 6.70. The van der Waals surface area contributed by atoms with Crippen molar-refractivity contribution in [1.82, 2.24) is 5.32 Å². The van der Waals surface area contributed by atoms with Crippen molar-refractivity contribution >= 4 is 8.56 Å². The van der Waals surface area contributed by atoms with Crippen LogP contribution in [0, 0.1) is 11.8 Å². The fraction of sp³-hybridized carbons (Fsp3) is 1.00. The van der Waals surface area contributed by atoms with E-state index in [-0.39, 0.29) is 0 Å². The molecule has 0 aromatic heterocycles. The second-order valence-electron chi connectivity index (χ2n) is 7.04. The van der Waals surface area contributed by atoms with E-state index in [1.165, 1.54) is 64.3 Å². The molecule has 0 spiro atoms. The highest BCUT2D eigenvalue weighted by Crippen LogP contribution is 2.47. The van der Waals surface area contributed by atoms with Gasteiger partial charge in [-0.05, 0) is 44.1 Å². The standard InChI is InChI=1S/C16H31NO2Si/c1-18-20(19-2,14-8-4-5-9-14)16-15-10-6-3-7-13(15)11-12-17-16/h13-17H,3-12H2,1-2H3. The van der Waals surface area contributed by atoms with E-state index in [1.807, 2.05) is 14.2 Å².